The van der Waals surface area contributed by atoms with Crippen LogP contribution in [-0.4, -0.2) is 35.5 Å². The second kappa shape index (κ2) is 6.10. The van der Waals surface area contributed by atoms with Crippen molar-refractivity contribution in [1.29, 1.82) is 0 Å². The molecule has 1 aliphatic heterocycles. The van der Waals surface area contributed by atoms with Crippen molar-refractivity contribution in [3.63, 3.8) is 0 Å². The molecule has 0 spiro atoms. The molecule has 1 N–H and O–H groups in total. The van der Waals surface area contributed by atoms with Gasteiger partial charge in [0.2, 0.25) is 5.91 Å². The number of aromatic carboxylic acids is 1. The number of rotatable bonds is 4. The first kappa shape index (κ1) is 13.9. The van der Waals surface area contributed by atoms with Gasteiger partial charge >= 0.3 is 5.97 Å². The second-order valence-corrected chi connectivity index (χ2v) is 5.53. The van der Waals surface area contributed by atoms with E-state index in [1.54, 1.807) is 34.9 Å². The monoisotopic (exact) mass is 279 g/mol. The van der Waals surface area contributed by atoms with E-state index in [4.69, 9.17) is 5.11 Å². The van der Waals surface area contributed by atoms with Crippen molar-refractivity contribution in [3.05, 3.63) is 29.3 Å². The molecule has 19 heavy (non-hydrogen) atoms. The van der Waals surface area contributed by atoms with Crippen molar-refractivity contribution in [2.75, 3.05) is 23.5 Å². The number of amides is 1. The van der Waals surface area contributed by atoms with Gasteiger partial charge in [0, 0.05) is 24.4 Å². The van der Waals surface area contributed by atoms with Crippen LogP contribution in [0.25, 0.3) is 0 Å². The number of hydrogen-bond donors (Lipinski definition) is 1. The molecule has 0 bridgehead atoms. The highest BCUT2D eigenvalue weighted by Crippen LogP contribution is 2.28. The van der Waals surface area contributed by atoms with E-state index >= 15 is 0 Å². The van der Waals surface area contributed by atoms with E-state index < -0.39 is 5.97 Å². The van der Waals surface area contributed by atoms with Gasteiger partial charge in [-0.05, 0) is 42.9 Å². The van der Waals surface area contributed by atoms with Crippen LogP contribution in [-0.2, 0) is 11.2 Å². The number of carboxylic acids is 1. The molecule has 0 saturated carbocycles. The number of fused-ring (bicyclic) bond motifs is 1. The summed E-state index contributed by atoms with van der Waals surface area (Å²) >= 11 is 1.66. The molecule has 0 atom stereocenters. The van der Waals surface area contributed by atoms with E-state index in [0.717, 1.165) is 36.4 Å². The quantitative estimate of drug-likeness (QED) is 0.919. The van der Waals surface area contributed by atoms with Crippen LogP contribution in [0, 0.1) is 0 Å². The molecule has 5 heteroatoms. The highest BCUT2D eigenvalue weighted by Gasteiger charge is 2.22. The standard InChI is InChI=1S/C14H17NO3S/c1-19-8-6-13(16)15-7-2-3-10-9-11(14(17)18)4-5-12(10)15/h4-5,9H,2-3,6-8H2,1H3,(H,17,18). The van der Waals surface area contributed by atoms with E-state index in [2.05, 4.69) is 0 Å². The molecule has 2 rings (SSSR count). The fourth-order valence-electron chi connectivity index (χ4n) is 2.31. The van der Waals surface area contributed by atoms with E-state index in [-0.39, 0.29) is 11.5 Å². The van der Waals surface area contributed by atoms with Crippen molar-refractivity contribution < 1.29 is 14.7 Å². The summed E-state index contributed by atoms with van der Waals surface area (Å²) in [5.41, 5.74) is 2.13. The van der Waals surface area contributed by atoms with E-state index in [1.165, 1.54) is 0 Å². The Morgan fingerprint density at radius 3 is 2.89 bits per heavy atom. The third-order valence-electron chi connectivity index (χ3n) is 3.27. The van der Waals surface area contributed by atoms with Crippen molar-refractivity contribution in [2.24, 2.45) is 0 Å². The minimum Gasteiger partial charge on any atom is -0.478 e. The van der Waals surface area contributed by atoms with Gasteiger partial charge in [0.1, 0.15) is 0 Å². The lowest BCUT2D eigenvalue weighted by atomic mass is 9.99. The SMILES string of the molecule is CSCCC(=O)N1CCCc2cc(C(=O)O)ccc21. The number of aryl methyl sites for hydroxylation is 1. The maximum Gasteiger partial charge on any atom is 0.335 e. The Kier molecular flexibility index (Phi) is 4.47. The Morgan fingerprint density at radius 1 is 1.42 bits per heavy atom. The number of carbonyl (C=O) groups excluding carboxylic acids is 1. The van der Waals surface area contributed by atoms with Crippen LogP contribution in [0.3, 0.4) is 0 Å². The molecular formula is C14H17NO3S. The predicted molar refractivity (Wildman–Crippen MR) is 77.1 cm³/mol. The second-order valence-electron chi connectivity index (χ2n) is 4.54. The van der Waals surface area contributed by atoms with Gasteiger partial charge in [0.15, 0.2) is 0 Å². The molecule has 4 nitrogen and oxygen atoms in total. The molecule has 1 heterocycles. The van der Waals surface area contributed by atoms with Gasteiger partial charge in [-0.25, -0.2) is 4.79 Å². The largest absolute Gasteiger partial charge is 0.478 e. The minimum absolute atomic E-state index is 0.123. The van der Waals surface area contributed by atoms with Crippen LogP contribution in [0.2, 0.25) is 0 Å². The van der Waals surface area contributed by atoms with Gasteiger partial charge in [-0.15, -0.1) is 0 Å². The number of benzene rings is 1. The Balaban J connectivity index is 2.24. The Bertz CT molecular complexity index is 501. The van der Waals surface area contributed by atoms with Crippen LogP contribution in [0.4, 0.5) is 5.69 Å². The average Bonchev–Trinajstić information content (AvgIpc) is 2.43. The van der Waals surface area contributed by atoms with Crippen molar-refractivity contribution in [2.45, 2.75) is 19.3 Å². The molecule has 1 aliphatic rings. The molecule has 1 aromatic rings. The third-order valence-corrected chi connectivity index (χ3v) is 3.88. The zero-order chi connectivity index (χ0) is 13.8. The van der Waals surface area contributed by atoms with Crippen LogP contribution in [0.15, 0.2) is 18.2 Å². The molecular weight excluding hydrogens is 262 g/mol. The number of hydrogen-bond acceptors (Lipinski definition) is 3. The van der Waals surface area contributed by atoms with E-state index in [0.29, 0.717) is 6.42 Å². The van der Waals surface area contributed by atoms with Crippen molar-refractivity contribution >= 4 is 29.3 Å². The van der Waals surface area contributed by atoms with Gasteiger partial charge in [-0.2, -0.15) is 11.8 Å². The molecule has 0 radical (unpaired) electrons. The van der Waals surface area contributed by atoms with E-state index in [1.807, 2.05) is 6.26 Å². The van der Waals surface area contributed by atoms with Gasteiger partial charge in [0.05, 0.1) is 5.56 Å². The lowest BCUT2D eigenvalue weighted by Crippen LogP contribution is -2.35. The minimum atomic E-state index is -0.923. The highest BCUT2D eigenvalue weighted by molar-refractivity contribution is 7.98. The first-order chi connectivity index (χ1) is 9.13. The van der Waals surface area contributed by atoms with Crippen molar-refractivity contribution in [1.82, 2.24) is 0 Å². The number of thioether (sulfide) groups is 1. The average molecular weight is 279 g/mol. The molecule has 1 amide bonds. The first-order valence-electron chi connectivity index (χ1n) is 6.29. The smallest absolute Gasteiger partial charge is 0.335 e. The zero-order valence-corrected chi connectivity index (χ0v) is 11.7. The lowest BCUT2D eigenvalue weighted by Gasteiger charge is -2.29. The topological polar surface area (TPSA) is 57.6 Å². The molecule has 0 aliphatic carbocycles. The van der Waals surface area contributed by atoms with E-state index in [9.17, 15) is 9.59 Å². The lowest BCUT2D eigenvalue weighted by molar-refractivity contribution is -0.118. The fourth-order valence-corrected chi connectivity index (χ4v) is 2.69. The molecule has 102 valence electrons. The predicted octanol–water partition coefficient (Wildman–Crippen LogP) is 2.42. The van der Waals surface area contributed by atoms with Crippen LogP contribution in [0.5, 0.6) is 0 Å². The summed E-state index contributed by atoms with van der Waals surface area (Å²) in [6, 6.07) is 5.02. The third kappa shape index (κ3) is 3.10. The van der Waals surface area contributed by atoms with Gasteiger partial charge < -0.3 is 10.0 Å². The van der Waals surface area contributed by atoms with Gasteiger partial charge in [-0.3, -0.25) is 4.79 Å². The van der Waals surface area contributed by atoms with Crippen molar-refractivity contribution in [3.8, 4) is 0 Å². The summed E-state index contributed by atoms with van der Waals surface area (Å²) in [4.78, 5) is 24.9. The summed E-state index contributed by atoms with van der Waals surface area (Å²) in [5, 5.41) is 8.99. The molecule has 0 saturated heterocycles. The molecule has 0 fully saturated rings. The maximum absolute atomic E-state index is 12.1. The maximum atomic E-state index is 12.1. The molecule has 0 unspecified atom stereocenters. The summed E-state index contributed by atoms with van der Waals surface area (Å²) in [6.45, 7) is 0.729. The summed E-state index contributed by atoms with van der Waals surface area (Å²) in [5.74, 6) is 0.0183. The Morgan fingerprint density at radius 2 is 2.21 bits per heavy atom. The fraction of sp³-hybridized carbons (Fsp3) is 0.429. The van der Waals surface area contributed by atoms with Crippen LogP contribution < -0.4 is 4.90 Å². The van der Waals surface area contributed by atoms with Gasteiger partial charge in [-0.1, -0.05) is 0 Å². The number of carboxylic acid groups (broad SMARTS) is 1. The Labute approximate surface area is 116 Å². The Hall–Kier alpha value is -1.49. The molecule has 1 aromatic carbocycles. The normalized spacial score (nSPS) is 14.1. The number of carbonyl (C=O) groups is 2. The number of anilines is 1. The summed E-state index contributed by atoms with van der Waals surface area (Å²) in [6.07, 6.45) is 4.24. The summed E-state index contributed by atoms with van der Waals surface area (Å²) in [7, 11) is 0. The molecule has 0 aromatic heterocycles. The highest BCUT2D eigenvalue weighted by atomic mass is 32.2. The van der Waals surface area contributed by atoms with Gasteiger partial charge in [0.25, 0.3) is 0 Å². The number of nitrogens with zero attached hydrogens (tertiary/aromatic N) is 1. The summed E-state index contributed by atoms with van der Waals surface area (Å²) < 4.78 is 0. The van der Waals surface area contributed by atoms with Crippen LogP contribution in [0.1, 0.15) is 28.8 Å². The first-order valence-corrected chi connectivity index (χ1v) is 7.68. The zero-order valence-electron chi connectivity index (χ0n) is 10.9. The van der Waals surface area contributed by atoms with Crippen LogP contribution >= 0.6 is 11.8 Å².